The van der Waals surface area contributed by atoms with Gasteiger partial charge in [0, 0.05) is 10.9 Å². The number of amides is 2. The highest BCUT2D eigenvalue weighted by molar-refractivity contribution is 7.17. The molecule has 2 amide bonds. The summed E-state index contributed by atoms with van der Waals surface area (Å²) in [6.07, 6.45) is 3.66. The van der Waals surface area contributed by atoms with Crippen molar-refractivity contribution in [2.24, 2.45) is 5.73 Å². The summed E-state index contributed by atoms with van der Waals surface area (Å²) >= 11 is 1.35. The molecule has 2 aromatic rings. The van der Waals surface area contributed by atoms with Crippen LogP contribution in [0.4, 0.5) is 10.7 Å². The van der Waals surface area contributed by atoms with E-state index in [1.54, 1.807) is 13.0 Å². The molecule has 3 N–H and O–H groups in total. The second kappa shape index (κ2) is 7.75. The number of nitro benzene ring substituents is 1. The fourth-order valence-corrected chi connectivity index (χ4v) is 4.42. The van der Waals surface area contributed by atoms with Crippen molar-refractivity contribution in [3.8, 4) is 5.75 Å². The van der Waals surface area contributed by atoms with Crippen LogP contribution >= 0.6 is 11.3 Å². The molecule has 0 atom stereocenters. The average molecular weight is 389 g/mol. The molecule has 0 bridgehead atoms. The second-order valence-electron chi connectivity index (χ2n) is 6.34. The molecule has 1 aliphatic rings. The van der Waals surface area contributed by atoms with Crippen LogP contribution in [0.2, 0.25) is 0 Å². The van der Waals surface area contributed by atoms with E-state index in [4.69, 9.17) is 10.5 Å². The van der Waals surface area contributed by atoms with Gasteiger partial charge in [-0.05, 0) is 49.8 Å². The van der Waals surface area contributed by atoms with Crippen molar-refractivity contribution in [1.29, 1.82) is 0 Å². The van der Waals surface area contributed by atoms with E-state index in [-0.39, 0.29) is 11.4 Å². The minimum absolute atomic E-state index is 0.0238. The molecule has 8 nitrogen and oxygen atoms in total. The number of fused-ring (bicyclic) bond motifs is 1. The maximum Gasteiger partial charge on any atom is 0.310 e. The number of thiophene rings is 1. The molecule has 0 saturated carbocycles. The van der Waals surface area contributed by atoms with Gasteiger partial charge in [-0.2, -0.15) is 0 Å². The molecule has 0 aliphatic heterocycles. The topological polar surface area (TPSA) is 125 Å². The normalized spacial score (nSPS) is 12.9. The van der Waals surface area contributed by atoms with Crippen molar-refractivity contribution in [3.05, 3.63) is 49.9 Å². The van der Waals surface area contributed by atoms with Gasteiger partial charge in [0.25, 0.3) is 11.8 Å². The van der Waals surface area contributed by atoms with Crippen LogP contribution in [0.5, 0.6) is 5.75 Å². The van der Waals surface area contributed by atoms with E-state index in [0.717, 1.165) is 41.7 Å². The first-order valence-corrected chi connectivity index (χ1v) is 9.30. The smallest absolute Gasteiger partial charge is 0.310 e. The molecule has 1 aromatic carbocycles. The van der Waals surface area contributed by atoms with Crippen LogP contribution in [-0.4, -0.2) is 23.3 Å². The highest BCUT2D eigenvalue weighted by atomic mass is 32.1. The maximum atomic E-state index is 12.3. The van der Waals surface area contributed by atoms with Crippen molar-refractivity contribution in [2.45, 2.75) is 32.6 Å². The summed E-state index contributed by atoms with van der Waals surface area (Å²) in [6, 6.07) is 4.44. The van der Waals surface area contributed by atoms with Gasteiger partial charge in [-0.15, -0.1) is 11.3 Å². The van der Waals surface area contributed by atoms with Crippen LogP contribution < -0.4 is 15.8 Å². The van der Waals surface area contributed by atoms with Gasteiger partial charge >= 0.3 is 5.69 Å². The predicted molar refractivity (Wildman–Crippen MR) is 101 cm³/mol. The molecule has 0 fully saturated rings. The number of nitro groups is 1. The number of ether oxygens (including phenoxy) is 1. The average Bonchev–Trinajstić information content (AvgIpc) is 2.97. The Morgan fingerprint density at radius 3 is 2.78 bits per heavy atom. The predicted octanol–water partition coefficient (Wildman–Crippen LogP) is 2.96. The van der Waals surface area contributed by atoms with Gasteiger partial charge in [-0.25, -0.2) is 0 Å². The number of rotatable bonds is 6. The van der Waals surface area contributed by atoms with E-state index >= 15 is 0 Å². The lowest BCUT2D eigenvalue weighted by molar-refractivity contribution is -0.385. The van der Waals surface area contributed by atoms with Gasteiger partial charge in [0.1, 0.15) is 5.00 Å². The van der Waals surface area contributed by atoms with Gasteiger partial charge in [0.2, 0.25) is 0 Å². The van der Waals surface area contributed by atoms with Crippen molar-refractivity contribution in [2.75, 3.05) is 11.9 Å². The molecular formula is C18H19N3O5S. The number of carbonyl (C=O) groups excluding carboxylic acids is 2. The Hall–Kier alpha value is -2.94. The number of hydrogen-bond donors (Lipinski definition) is 2. The summed E-state index contributed by atoms with van der Waals surface area (Å²) in [4.78, 5) is 35.7. The lowest BCUT2D eigenvalue weighted by atomic mass is 9.95. The highest BCUT2D eigenvalue weighted by Gasteiger charge is 2.25. The summed E-state index contributed by atoms with van der Waals surface area (Å²) in [5, 5.41) is 14.2. The van der Waals surface area contributed by atoms with E-state index in [1.807, 2.05) is 0 Å². The number of anilines is 1. The van der Waals surface area contributed by atoms with Crippen LogP contribution in [0.25, 0.3) is 0 Å². The van der Waals surface area contributed by atoms with Crippen LogP contribution in [0, 0.1) is 17.0 Å². The molecule has 0 spiro atoms. The summed E-state index contributed by atoms with van der Waals surface area (Å²) in [5.41, 5.74) is 7.36. The molecule has 1 aromatic heterocycles. The minimum atomic E-state index is -0.569. The largest absolute Gasteiger partial charge is 0.477 e. The standard InChI is InChI=1S/C18H19N3O5S/c1-10-6-7-12(21(24)25)13(8-10)26-9-15(22)20-18-16(17(19)23)11-4-2-3-5-14(11)27-18/h6-8H,2-5,9H2,1H3,(H2,19,23)(H,20,22). The Morgan fingerprint density at radius 2 is 2.07 bits per heavy atom. The zero-order chi connectivity index (χ0) is 19.6. The highest BCUT2D eigenvalue weighted by Crippen LogP contribution is 2.38. The van der Waals surface area contributed by atoms with E-state index in [0.29, 0.717) is 10.6 Å². The van der Waals surface area contributed by atoms with Crippen molar-refractivity contribution >= 4 is 33.8 Å². The molecule has 9 heteroatoms. The fourth-order valence-electron chi connectivity index (χ4n) is 3.11. The fraction of sp³-hybridized carbons (Fsp3) is 0.333. The van der Waals surface area contributed by atoms with Crippen LogP contribution in [0.3, 0.4) is 0 Å². The van der Waals surface area contributed by atoms with Crippen molar-refractivity contribution in [1.82, 2.24) is 0 Å². The third-order valence-corrected chi connectivity index (χ3v) is 5.55. The maximum absolute atomic E-state index is 12.3. The van der Waals surface area contributed by atoms with Crippen LogP contribution in [0.1, 0.15) is 39.2 Å². The Balaban J connectivity index is 1.74. The third-order valence-electron chi connectivity index (χ3n) is 4.34. The zero-order valence-electron chi connectivity index (χ0n) is 14.7. The number of nitrogens with two attached hydrogens (primary N) is 1. The number of nitrogens with zero attached hydrogens (tertiary/aromatic N) is 1. The number of carbonyl (C=O) groups is 2. The number of primary amides is 1. The van der Waals surface area contributed by atoms with Crippen molar-refractivity contribution < 1.29 is 19.2 Å². The molecule has 0 unspecified atom stereocenters. The molecule has 0 radical (unpaired) electrons. The zero-order valence-corrected chi connectivity index (χ0v) is 15.6. The first-order chi connectivity index (χ1) is 12.9. The summed E-state index contributed by atoms with van der Waals surface area (Å²) in [6.45, 7) is 1.36. The van der Waals surface area contributed by atoms with E-state index in [9.17, 15) is 19.7 Å². The lowest BCUT2D eigenvalue weighted by Gasteiger charge is -2.11. The first kappa shape index (κ1) is 18.8. The molecule has 0 saturated heterocycles. The lowest BCUT2D eigenvalue weighted by Crippen LogP contribution is -2.22. The Labute approximate surface area is 159 Å². The molecule has 1 heterocycles. The van der Waals surface area contributed by atoms with Gasteiger partial charge in [-0.1, -0.05) is 6.07 Å². The van der Waals surface area contributed by atoms with Gasteiger partial charge in [0.15, 0.2) is 12.4 Å². The van der Waals surface area contributed by atoms with E-state index < -0.39 is 23.3 Å². The minimum Gasteiger partial charge on any atom is -0.477 e. The Bertz CT molecular complexity index is 922. The van der Waals surface area contributed by atoms with Crippen LogP contribution in [0.15, 0.2) is 18.2 Å². The number of benzene rings is 1. The number of nitrogens with one attached hydrogen (secondary N) is 1. The molecule has 3 rings (SSSR count). The third kappa shape index (κ3) is 4.08. The first-order valence-electron chi connectivity index (χ1n) is 8.49. The van der Waals surface area contributed by atoms with Gasteiger partial charge < -0.3 is 15.8 Å². The summed E-state index contributed by atoms with van der Waals surface area (Å²) < 4.78 is 5.35. The van der Waals surface area contributed by atoms with Crippen LogP contribution in [-0.2, 0) is 17.6 Å². The van der Waals surface area contributed by atoms with E-state index in [1.165, 1.54) is 23.5 Å². The summed E-state index contributed by atoms with van der Waals surface area (Å²) in [7, 11) is 0. The monoisotopic (exact) mass is 389 g/mol. The molecule has 1 aliphatic carbocycles. The number of hydrogen-bond acceptors (Lipinski definition) is 6. The quantitative estimate of drug-likeness (QED) is 0.580. The SMILES string of the molecule is Cc1ccc([N+](=O)[O-])c(OCC(=O)Nc2sc3c(c2C(N)=O)CCCC3)c1. The van der Waals surface area contributed by atoms with Gasteiger partial charge in [0.05, 0.1) is 10.5 Å². The van der Waals surface area contributed by atoms with Crippen molar-refractivity contribution in [3.63, 3.8) is 0 Å². The molecule has 142 valence electrons. The van der Waals surface area contributed by atoms with Gasteiger partial charge in [-0.3, -0.25) is 19.7 Å². The second-order valence-corrected chi connectivity index (χ2v) is 7.45. The van der Waals surface area contributed by atoms with E-state index in [2.05, 4.69) is 5.32 Å². The summed E-state index contributed by atoms with van der Waals surface area (Å²) in [5.74, 6) is -1.05. The Kier molecular flexibility index (Phi) is 5.41. The number of aryl methyl sites for hydroxylation is 2. The molecular weight excluding hydrogens is 370 g/mol. The molecule has 27 heavy (non-hydrogen) atoms. The Morgan fingerprint density at radius 1 is 1.33 bits per heavy atom.